The van der Waals surface area contributed by atoms with Gasteiger partial charge in [0.05, 0.1) is 0 Å². The molecular formula is C14H29N3. The Kier molecular flexibility index (Phi) is 5.26. The number of nitrogens with zero attached hydrogens (tertiary/aromatic N) is 2. The van der Waals surface area contributed by atoms with Crippen LogP contribution >= 0.6 is 0 Å². The van der Waals surface area contributed by atoms with Gasteiger partial charge in [-0.05, 0) is 51.1 Å². The zero-order valence-electron chi connectivity index (χ0n) is 11.4. The van der Waals surface area contributed by atoms with Crippen molar-refractivity contribution in [2.75, 3.05) is 39.3 Å². The number of hydrogen-bond donors (Lipinski definition) is 1. The van der Waals surface area contributed by atoms with Gasteiger partial charge in [0.2, 0.25) is 0 Å². The summed E-state index contributed by atoms with van der Waals surface area (Å²) in [6.45, 7) is 9.68. The summed E-state index contributed by atoms with van der Waals surface area (Å²) in [6, 6.07) is 0.960. The first-order valence-corrected chi connectivity index (χ1v) is 7.46. The summed E-state index contributed by atoms with van der Waals surface area (Å²) < 4.78 is 0. The molecule has 0 amide bonds. The van der Waals surface area contributed by atoms with Gasteiger partial charge in [0.1, 0.15) is 0 Å². The lowest BCUT2D eigenvalue weighted by Gasteiger charge is -2.34. The van der Waals surface area contributed by atoms with Crippen molar-refractivity contribution in [3.8, 4) is 0 Å². The molecule has 0 radical (unpaired) electrons. The third kappa shape index (κ3) is 4.57. The molecule has 17 heavy (non-hydrogen) atoms. The molecule has 2 N–H and O–H groups in total. The Morgan fingerprint density at radius 3 is 2.41 bits per heavy atom. The molecule has 1 atom stereocenters. The van der Waals surface area contributed by atoms with Crippen LogP contribution in [0, 0.1) is 5.92 Å². The number of piperazine rings is 1. The maximum Gasteiger partial charge on any atom is 0.0113 e. The van der Waals surface area contributed by atoms with Crippen LogP contribution in [0.25, 0.3) is 0 Å². The molecular weight excluding hydrogens is 210 g/mol. The van der Waals surface area contributed by atoms with Crippen LogP contribution in [0.1, 0.15) is 39.0 Å². The average Bonchev–Trinajstić information content (AvgIpc) is 3.14. The minimum Gasteiger partial charge on any atom is -0.330 e. The lowest BCUT2D eigenvalue weighted by atomic mass is 10.0. The lowest BCUT2D eigenvalue weighted by Crippen LogP contribution is -2.47. The fraction of sp³-hybridized carbons (Fsp3) is 1.00. The predicted molar refractivity (Wildman–Crippen MR) is 73.1 cm³/mol. The standard InChI is InChI=1S/C14H29N3/c1-13(6-7-15)3-2-8-16-9-11-17(12-10-16)14-4-5-14/h13-14H,2-12,15H2,1H3. The van der Waals surface area contributed by atoms with E-state index in [1.807, 2.05) is 0 Å². The summed E-state index contributed by atoms with van der Waals surface area (Å²) in [6.07, 6.45) is 6.80. The molecule has 2 fully saturated rings. The number of nitrogens with two attached hydrogens (primary N) is 1. The largest absolute Gasteiger partial charge is 0.330 e. The van der Waals surface area contributed by atoms with E-state index in [2.05, 4.69) is 16.7 Å². The molecule has 0 aromatic carbocycles. The second-order valence-electron chi connectivity index (χ2n) is 5.93. The van der Waals surface area contributed by atoms with Gasteiger partial charge in [-0.2, -0.15) is 0 Å². The maximum atomic E-state index is 5.58. The van der Waals surface area contributed by atoms with Crippen molar-refractivity contribution in [1.29, 1.82) is 0 Å². The van der Waals surface area contributed by atoms with Gasteiger partial charge in [-0.25, -0.2) is 0 Å². The Balaban J connectivity index is 1.52. The summed E-state index contributed by atoms with van der Waals surface area (Å²) in [7, 11) is 0. The highest BCUT2D eigenvalue weighted by Gasteiger charge is 2.30. The highest BCUT2D eigenvalue weighted by Crippen LogP contribution is 2.27. The third-order valence-corrected chi connectivity index (χ3v) is 4.30. The molecule has 3 heteroatoms. The summed E-state index contributed by atoms with van der Waals surface area (Å²) >= 11 is 0. The first-order chi connectivity index (χ1) is 8.29. The molecule has 2 aliphatic rings. The first kappa shape index (κ1) is 13.3. The molecule has 0 spiro atoms. The smallest absolute Gasteiger partial charge is 0.0113 e. The van der Waals surface area contributed by atoms with Crippen LogP contribution in [-0.2, 0) is 0 Å². The maximum absolute atomic E-state index is 5.58. The van der Waals surface area contributed by atoms with E-state index in [1.165, 1.54) is 64.8 Å². The van der Waals surface area contributed by atoms with Crippen molar-refractivity contribution in [3.63, 3.8) is 0 Å². The molecule has 1 saturated heterocycles. The number of hydrogen-bond acceptors (Lipinski definition) is 3. The molecule has 1 aliphatic heterocycles. The SMILES string of the molecule is CC(CCN)CCCN1CCN(C2CC2)CC1. The summed E-state index contributed by atoms with van der Waals surface area (Å²) in [5.74, 6) is 0.813. The minimum absolute atomic E-state index is 0.813. The van der Waals surface area contributed by atoms with E-state index < -0.39 is 0 Å². The zero-order valence-corrected chi connectivity index (χ0v) is 11.4. The van der Waals surface area contributed by atoms with Crippen LogP contribution in [0.15, 0.2) is 0 Å². The van der Waals surface area contributed by atoms with Gasteiger partial charge < -0.3 is 10.6 Å². The van der Waals surface area contributed by atoms with Crippen LogP contribution in [0.3, 0.4) is 0 Å². The van der Waals surface area contributed by atoms with Gasteiger partial charge in [0, 0.05) is 32.2 Å². The van der Waals surface area contributed by atoms with E-state index in [9.17, 15) is 0 Å². The first-order valence-electron chi connectivity index (χ1n) is 7.46. The zero-order chi connectivity index (χ0) is 12.1. The molecule has 1 saturated carbocycles. The third-order valence-electron chi connectivity index (χ3n) is 4.30. The highest BCUT2D eigenvalue weighted by atomic mass is 15.3. The fourth-order valence-electron chi connectivity index (χ4n) is 2.88. The highest BCUT2D eigenvalue weighted by molar-refractivity contribution is 4.87. The summed E-state index contributed by atoms with van der Waals surface area (Å²) in [5, 5.41) is 0. The van der Waals surface area contributed by atoms with Crippen molar-refractivity contribution in [2.24, 2.45) is 11.7 Å². The molecule has 1 heterocycles. The molecule has 2 rings (SSSR count). The Hall–Kier alpha value is -0.120. The molecule has 1 unspecified atom stereocenters. The predicted octanol–water partition coefficient (Wildman–Crippen LogP) is 1.53. The van der Waals surface area contributed by atoms with Crippen molar-refractivity contribution >= 4 is 0 Å². The van der Waals surface area contributed by atoms with Gasteiger partial charge in [0.15, 0.2) is 0 Å². The molecule has 0 bridgehead atoms. The van der Waals surface area contributed by atoms with Crippen molar-refractivity contribution in [3.05, 3.63) is 0 Å². The Bertz CT molecular complexity index is 208. The van der Waals surface area contributed by atoms with Crippen molar-refractivity contribution < 1.29 is 0 Å². The van der Waals surface area contributed by atoms with Crippen LogP contribution in [0.4, 0.5) is 0 Å². The molecule has 0 aromatic rings. The number of rotatable bonds is 7. The normalized spacial score (nSPS) is 25.1. The molecule has 3 nitrogen and oxygen atoms in total. The molecule has 100 valence electrons. The quantitative estimate of drug-likeness (QED) is 0.731. The van der Waals surface area contributed by atoms with Crippen molar-refractivity contribution in [1.82, 2.24) is 9.80 Å². The van der Waals surface area contributed by atoms with Gasteiger partial charge in [-0.1, -0.05) is 6.92 Å². The molecule has 0 aromatic heterocycles. The van der Waals surface area contributed by atoms with Gasteiger partial charge >= 0.3 is 0 Å². The minimum atomic E-state index is 0.813. The van der Waals surface area contributed by atoms with E-state index in [0.29, 0.717) is 0 Å². The Morgan fingerprint density at radius 2 is 1.82 bits per heavy atom. The fourth-order valence-corrected chi connectivity index (χ4v) is 2.88. The van der Waals surface area contributed by atoms with Crippen LogP contribution < -0.4 is 5.73 Å². The van der Waals surface area contributed by atoms with E-state index in [4.69, 9.17) is 5.73 Å². The van der Waals surface area contributed by atoms with Crippen LogP contribution in [0.2, 0.25) is 0 Å². The lowest BCUT2D eigenvalue weighted by molar-refractivity contribution is 0.124. The van der Waals surface area contributed by atoms with E-state index in [0.717, 1.165) is 18.5 Å². The topological polar surface area (TPSA) is 32.5 Å². The van der Waals surface area contributed by atoms with Gasteiger partial charge in [-0.15, -0.1) is 0 Å². The van der Waals surface area contributed by atoms with E-state index in [-0.39, 0.29) is 0 Å². The van der Waals surface area contributed by atoms with Gasteiger partial charge in [-0.3, -0.25) is 4.90 Å². The monoisotopic (exact) mass is 239 g/mol. The van der Waals surface area contributed by atoms with Gasteiger partial charge in [0.25, 0.3) is 0 Å². The molecule has 1 aliphatic carbocycles. The second-order valence-corrected chi connectivity index (χ2v) is 5.93. The van der Waals surface area contributed by atoms with Crippen LogP contribution in [-0.4, -0.2) is 55.1 Å². The summed E-state index contributed by atoms with van der Waals surface area (Å²) in [4.78, 5) is 5.33. The van der Waals surface area contributed by atoms with E-state index >= 15 is 0 Å². The Morgan fingerprint density at radius 1 is 1.12 bits per heavy atom. The summed E-state index contributed by atoms with van der Waals surface area (Å²) in [5.41, 5.74) is 5.58. The van der Waals surface area contributed by atoms with E-state index in [1.54, 1.807) is 0 Å². The van der Waals surface area contributed by atoms with Crippen molar-refractivity contribution in [2.45, 2.75) is 45.1 Å². The average molecular weight is 239 g/mol. The second kappa shape index (κ2) is 6.72. The van der Waals surface area contributed by atoms with Crippen LogP contribution in [0.5, 0.6) is 0 Å². The Labute approximate surface area is 106 Å².